The number of hydrogen-bond donors (Lipinski definition) is 2. The van der Waals surface area contributed by atoms with Gasteiger partial charge < -0.3 is 20.4 Å². The number of nitrogens with zero attached hydrogens (tertiary/aromatic N) is 2. The number of piperidine rings is 1. The van der Waals surface area contributed by atoms with E-state index < -0.39 is 5.54 Å². The van der Waals surface area contributed by atoms with Crippen LogP contribution in [0.15, 0.2) is 54.6 Å². The highest BCUT2D eigenvalue weighted by Crippen LogP contribution is 2.35. The summed E-state index contributed by atoms with van der Waals surface area (Å²) in [7, 11) is 0. The number of carbonyl (C=O) groups is 2. The Morgan fingerprint density at radius 1 is 1.07 bits per heavy atom. The van der Waals surface area contributed by atoms with Gasteiger partial charge in [-0.05, 0) is 37.1 Å². The predicted octanol–water partition coefficient (Wildman–Crippen LogP) is 2.92. The van der Waals surface area contributed by atoms with Crippen LogP contribution in [0.2, 0.25) is 5.02 Å². The molecule has 2 heterocycles. The topological polar surface area (TPSA) is 64.7 Å². The number of hydrogen-bond acceptors (Lipinski definition) is 4. The van der Waals surface area contributed by atoms with E-state index in [0.29, 0.717) is 23.8 Å². The molecule has 2 aliphatic heterocycles. The molecule has 2 aromatic rings. The molecule has 4 rings (SSSR count). The molecule has 160 valence electrons. The first-order chi connectivity index (χ1) is 14.1. The third-order valence-corrected chi connectivity index (χ3v) is 6.25. The molecule has 2 N–H and O–H groups in total. The van der Waals surface area contributed by atoms with Crippen LogP contribution in [-0.4, -0.2) is 55.1 Å². The van der Waals surface area contributed by atoms with Gasteiger partial charge in [-0.25, -0.2) is 0 Å². The van der Waals surface area contributed by atoms with E-state index in [2.05, 4.69) is 32.6 Å². The van der Waals surface area contributed by atoms with Crippen molar-refractivity contribution in [2.45, 2.75) is 18.4 Å². The van der Waals surface area contributed by atoms with E-state index in [9.17, 15) is 9.59 Å². The molecule has 6 nitrogen and oxygen atoms in total. The summed E-state index contributed by atoms with van der Waals surface area (Å²) < 4.78 is 0. The number of halogens is 2. The molecule has 0 unspecified atom stereocenters. The third-order valence-electron chi connectivity index (χ3n) is 5.92. The summed E-state index contributed by atoms with van der Waals surface area (Å²) in [6, 6.07) is 17.1. The summed E-state index contributed by atoms with van der Waals surface area (Å²) in [6.07, 6.45) is 1.54. The van der Waals surface area contributed by atoms with Crippen molar-refractivity contribution in [1.82, 2.24) is 15.5 Å². The average molecular weight is 449 g/mol. The number of likely N-dealkylation sites (tertiary alicyclic amines) is 1. The second kappa shape index (κ2) is 9.69. The highest BCUT2D eigenvalue weighted by molar-refractivity contribution is 6.33. The van der Waals surface area contributed by atoms with Crippen LogP contribution in [0.25, 0.3) is 0 Å². The van der Waals surface area contributed by atoms with Crippen LogP contribution >= 0.6 is 24.0 Å². The van der Waals surface area contributed by atoms with Crippen molar-refractivity contribution < 1.29 is 9.59 Å². The lowest BCUT2D eigenvalue weighted by atomic mass is 9.85. The number of amides is 2. The van der Waals surface area contributed by atoms with E-state index >= 15 is 0 Å². The minimum absolute atomic E-state index is 0. The number of anilines is 1. The maximum absolute atomic E-state index is 12.7. The van der Waals surface area contributed by atoms with Crippen molar-refractivity contribution in [3.05, 3.63) is 65.2 Å². The number of rotatable bonds is 5. The van der Waals surface area contributed by atoms with E-state index in [0.717, 1.165) is 38.2 Å². The molecule has 0 bridgehead atoms. The zero-order valence-electron chi connectivity index (χ0n) is 16.6. The first-order valence-corrected chi connectivity index (χ1v) is 10.3. The lowest BCUT2D eigenvalue weighted by molar-refractivity contribution is -0.125. The van der Waals surface area contributed by atoms with Gasteiger partial charge in [0.1, 0.15) is 5.54 Å². The Bertz CT molecular complexity index is 886. The van der Waals surface area contributed by atoms with Crippen molar-refractivity contribution in [3.8, 4) is 0 Å². The van der Waals surface area contributed by atoms with Gasteiger partial charge in [0.15, 0.2) is 0 Å². The summed E-state index contributed by atoms with van der Waals surface area (Å²) in [5, 5.41) is 6.42. The normalized spacial score (nSPS) is 18.0. The lowest BCUT2D eigenvalue weighted by Gasteiger charge is -2.43. The molecule has 2 aliphatic rings. The number of para-hydroxylation sites is 1. The van der Waals surface area contributed by atoms with Crippen LogP contribution in [0.3, 0.4) is 0 Å². The van der Waals surface area contributed by atoms with Gasteiger partial charge in [-0.3, -0.25) is 9.59 Å². The number of benzene rings is 2. The molecule has 0 saturated carbocycles. The highest BCUT2D eigenvalue weighted by Gasteiger charge is 2.50. The maximum atomic E-state index is 12.7. The molecule has 2 fully saturated rings. The number of carbonyl (C=O) groups excluding carboxylic acids is 2. The second-order valence-corrected chi connectivity index (χ2v) is 7.94. The average Bonchev–Trinajstić information content (AvgIpc) is 3.06. The van der Waals surface area contributed by atoms with E-state index in [4.69, 9.17) is 11.6 Å². The van der Waals surface area contributed by atoms with Crippen molar-refractivity contribution in [1.29, 1.82) is 0 Å². The Labute approximate surface area is 188 Å². The quantitative estimate of drug-likeness (QED) is 0.737. The molecule has 0 aliphatic carbocycles. The van der Waals surface area contributed by atoms with Crippen molar-refractivity contribution in [2.24, 2.45) is 0 Å². The Morgan fingerprint density at radius 2 is 1.73 bits per heavy atom. The van der Waals surface area contributed by atoms with Crippen molar-refractivity contribution in [2.75, 3.05) is 37.7 Å². The molecular weight excluding hydrogens is 423 g/mol. The third kappa shape index (κ3) is 4.41. The molecule has 2 saturated heterocycles. The molecule has 2 aromatic carbocycles. The van der Waals surface area contributed by atoms with Gasteiger partial charge in [-0.2, -0.15) is 0 Å². The summed E-state index contributed by atoms with van der Waals surface area (Å²) in [5.41, 5.74) is 1.10. The van der Waals surface area contributed by atoms with Crippen LogP contribution in [-0.2, 0) is 4.79 Å². The minimum Gasteiger partial charge on any atom is -0.351 e. The summed E-state index contributed by atoms with van der Waals surface area (Å²) in [4.78, 5) is 29.5. The van der Waals surface area contributed by atoms with Crippen molar-refractivity contribution >= 4 is 41.5 Å². The summed E-state index contributed by atoms with van der Waals surface area (Å²) in [6.45, 7) is 3.49. The fourth-order valence-electron chi connectivity index (χ4n) is 4.25. The Hall–Kier alpha value is -2.28. The SMILES string of the molecule is Cl.O=C(NCCN1CCC2(CC1)C(=O)NCN2c1ccccc1)c1ccccc1Cl. The van der Waals surface area contributed by atoms with Gasteiger partial charge in [-0.15, -0.1) is 12.4 Å². The lowest BCUT2D eigenvalue weighted by Crippen LogP contribution is -2.57. The molecule has 0 atom stereocenters. The van der Waals surface area contributed by atoms with Gasteiger partial charge in [0.05, 0.1) is 17.3 Å². The van der Waals surface area contributed by atoms with Crippen LogP contribution in [0.5, 0.6) is 0 Å². The van der Waals surface area contributed by atoms with E-state index in [1.54, 1.807) is 24.3 Å². The first kappa shape index (κ1) is 22.4. The van der Waals surface area contributed by atoms with E-state index in [1.165, 1.54) is 0 Å². The van der Waals surface area contributed by atoms with Crippen LogP contribution in [0.4, 0.5) is 5.69 Å². The number of nitrogens with one attached hydrogen (secondary N) is 2. The molecule has 0 aromatic heterocycles. The molecule has 2 amide bonds. The predicted molar refractivity (Wildman–Crippen MR) is 121 cm³/mol. The molecule has 0 radical (unpaired) electrons. The van der Waals surface area contributed by atoms with Gasteiger partial charge in [0.2, 0.25) is 5.91 Å². The Kier molecular flexibility index (Phi) is 7.23. The van der Waals surface area contributed by atoms with Crippen molar-refractivity contribution in [3.63, 3.8) is 0 Å². The minimum atomic E-state index is -0.474. The van der Waals surface area contributed by atoms with E-state index in [1.807, 2.05) is 18.2 Å². The summed E-state index contributed by atoms with van der Waals surface area (Å²) >= 11 is 6.08. The van der Waals surface area contributed by atoms with Gasteiger partial charge in [-0.1, -0.05) is 41.9 Å². The van der Waals surface area contributed by atoms with Crippen LogP contribution < -0.4 is 15.5 Å². The first-order valence-electron chi connectivity index (χ1n) is 9.96. The molecule has 1 spiro atoms. The largest absolute Gasteiger partial charge is 0.351 e. The Morgan fingerprint density at radius 3 is 2.43 bits per heavy atom. The molecule has 8 heteroatoms. The van der Waals surface area contributed by atoms with Gasteiger partial charge in [0, 0.05) is 31.9 Å². The Balaban J connectivity index is 0.00000256. The monoisotopic (exact) mass is 448 g/mol. The molecular formula is C22H26Cl2N4O2. The second-order valence-electron chi connectivity index (χ2n) is 7.54. The van der Waals surface area contributed by atoms with Crippen LogP contribution in [0.1, 0.15) is 23.2 Å². The van der Waals surface area contributed by atoms with Gasteiger partial charge in [0.25, 0.3) is 5.91 Å². The van der Waals surface area contributed by atoms with E-state index in [-0.39, 0.29) is 24.2 Å². The maximum Gasteiger partial charge on any atom is 0.252 e. The highest BCUT2D eigenvalue weighted by atomic mass is 35.5. The van der Waals surface area contributed by atoms with Gasteiger partial charge >= 0.3 is 0 Å². The van der Waals surface area contributed by atoms with Crippen LogP contribution in [0, 0.1) is 0 Å². The fourth-order valence-corrected chi connectivity index (χ4v) is 4.47. The standard InChI is InChI=1S/C22H25ClN4O2.ClH/c23-19-9-5-4-8-18(19)20(28)24-12-15-26-13-10-22(11-14-26)21(29)25-16-27(22)17-6-2-1-3-7-17;/h1-9H,10-16H2,(H,24,28)(H,25,29);1H. The molecule has 30 heavy (non-hydrogen) atoms. The zero-order chi connectivity index (χ0) is 20.3. The fraction of sp³-hybridized carbons (Fsp3) is 0.364. The smallest absolute Gasteiger partial charge is 0.252 e. The summed E-state index contributed by atoms with van der Waals surface area (Å²) in [5.74, 6) is -0.0393. The zero-order valence-corrected chi connectivity index (χ0v) is 18.2.